The van der Waals surface area contributed by atoms with E-state index >= 15 is 0 Å². The van der Waals surface area contributed by atoms with Crippen LogP contribution in [-0.2, 0) is 18.3 Å². The van der Waals surface area contributed by atoms with Gasteiger partial charge in [-0.3, -0.25) is 0 Å². The quantitative estimate of drug-likeness (QED) is 0.940. The van der Waals surface area contributed by atoms with Crippen molar-refractivity contribution in [3.05, 3.63) is 53.6 Å². The first-order valence-electron chi connectivity index (χ1n) is 6.91. The van der Waals surface area contributed by atoms with E-state index < -0.39 is 11.6 Å². The van der Waals surface area contributed by atoms with Crippen molar-refractivity contribution >= 4 is 0 Å². The zero-order chi connectivity index (χ0) is 14.8. The normalized spacial score (nSPS) is 21.9. The lowest BCUT2D eigenvalue weighted by Crippen LogP contribution is -2.32. The van der Waals surface area contributed by atoms with Crippen molar-refractivity contribution in [2.45, 2.75) is 25.1 Å². The molecule has 0 aliphatic carbocycles. The van der Waals surface area contributed by atoms with Crippen molar-refractivity contribution in [3.63, 3.8) is 0 Å². The molecule has 3 rings (SSSR count). The molecule has 1 aromatic carbocycles. The third-order valence-electron chi connectivity index (χ3n) is 3.81. The van der Waals surface area contributed by atoms with Crippen molar-refractivity contribution in [1.29, 1.82) is 0 Å². The van der Waals surface area contributed by atoms with Gasteiger partial charge in [-0.05, 0) is 24.1 Å². The third kappa shape index (κ3) is 2.96. The van der Waals surface area contributed by atoms with Crippen LogP contribution >= 0.6 is 0 Å². The average Bonchev–Trinajstić information content (AvgIpc) is 3.08. The first kappa shape index (κ1) is 14.2. The molecule has 112 valence electrons. The number of nitrogens with zero attached hydrogens (tertiary/aromatic N) is 2. The van der Waals surface area contributed by atoms with Gasteiger partial charge in [-0.25, -0.2) is 13.8 Å². The molecule has 6 heteroatoms. The van der Waals surface area contributed by atoms with Crippen LogP contribution in [0, 0.1) is 11.6 Å². The Morgan fingerprint density at radius 1 is 1.38 bits per heavy atom. The lowest BCUT2D eigenvalue weighted by Gasteiger charge is -2.20. The highest BCUT2D eigenvalue weighted by Crippen LogP contribution is 2.30. The number of halogens is 2. The van der Waals surface area contributed by atoms with Crippen molar-refractivity contribution in [2.75, 3.05) is 6.61 Å². The predicted octanol–water partition coefficient (Wildman–Crippen LogP) is 2.32. The molecule has 1 aliphatic rings. The molecule has 21 heavy (non-hydrogen) atoms. The number of aryl methyl sites for hydroxylation is 1. The van der Waals surface area contributed by atoms with Gasteiger partial charge in [-0.2, -0.15) is 0 Å². The molecule has 0 saturated carbocycles. The molecule has 1 N–H and O–H groups in total. The summed E-state index contributed by atoms with van der Waals surface area (Å²) in [6.45, 7) is 1.21. The first-order valence-corrected chi connectivity index (χ1v) is 6.91. The summed E-state index contributed by atoms with van der Waals surface area (Å²) in [5, 5.41) is 3.38. The number of aromatic nitrogens is 2. The summed E-state index contributed by atoms with van der Waals surface area (Å²) in [5.41, 5.74) is 0.656. The Kier molecular flexibility index (Phi) is 3.98. The van der Waals surface area contributed by atoms with Gasteiger partial charge >= 0.3 is 0 Å². The third-order valence-corrected chi connectivity index (χ3v) is 3.81. The van der Waals surface area contributed by atoms with E-state index in [0.717, 1.165) is 18.3 Å². The SMILES string of the molecule is Cn1ccnc1CN[C@H]1CCO[C@H]1c1ccc(F)c(F)c1. The summed E-state index contributed by atoms with van der Waals surface area (Å²) in [7, 11) is 1.93. The summed E-state index contributed by atoms with van der Waals surface area (Å²) in [4.78, 5) is 4.25. The van der Waals surface area contributed by atoms with Crippen LogP contribution in [0.15, 0.2) is 30.6 Å². The topological polar surface area (TPSA) is 39.1 Å². The highest BCUT2D eigenvalue weighted by atomic mass is 19.2. The van der Waals surface area contributed by atoms with Crippen LogP contribution in [0.4, 0.5) is 8.78 Å². The van der Waals surface area contributed by atoms with Crippen molar-refractivity contribution in [1.82, 2.24) is 14.9 Å². The van der Waals surface area contributed by atoms with Crippen molar-refractivity contribution < 1.29 is 13.5 Å². The molecule has 2 atom stereocenters. The zero-order valence-electron chi connectivity index (χ0n) is 11.7. The summed E-state index contributed by atoms with van der Waals surface area (Å²) in [5.74, 6) is -0.758. The van der Waals surface area contributed by atoms with E-state index in [4.69, 9.17) is 4.74 Å². The number of imidazole rings is 1. The minimum atomic E-state index is -0.842. The van der Waals surface area contributed by atoms with Crippen LogP contribution in [0.5, 0.6) is 0 Å². The molecule has 0 bridgehead atoms. The van der Waals surface area contributed by atoms with Crippen LogP contribution in [0.3, 0.4) is 0 Å². The summed E-state index contributed by atoms with van der Waals surface area (Å²) in [6.07, 6.45) is 4.19. The maximum atomic E-state index is 13.4. The highest BCUT2D eigenvalue weighted by molar-refractivity contribution is 5.22. The molecular formula is C15H17F2N3O. The molecule has 0 radical (unpaired) electrons. The van der Waals surface area contributed by atoms with Crippen LogP contribution in [0.2, 0.25) is 0 Å². The fraction of sp³-hybridized carbons (Fsp3) is 0.400. The van der Waals surface area contributed by atoms with E-state index in [9.17, 15) is 8.78 Å². The average molecular weight is 293 g/mol. The van der Waals surface area contributed by atoms with Crippen molar-refractivity contribution in [3.8, 4) is 0 Å². The van der Waals surface area contributed by atoms with Crippen LogP contribution in [0.1, 0.15) is 23.9 Å². The lowest BCUT2D eigenvalue weighted by atomic mass is 10.0. The Morgan fingerprint density at radius 2 is 2.24 bits per heavy atom. The fourth-order valence-electron chi connectivity index (χ4n) is 2.61. The molecule has 2 heterocycles. The molecule has 4 nitrogen and oxygen atoms in total. The minimum absolute atomic E-state index is 0.0616. The van der Waals surface area contributed by atoms with E-state index in [2.05, 4.69) is 10.3 Å². The van der Waals surface area contributed by atoms with Gasteiger partial charge in [-0.15, -0.1) is 0 Å². The molecule has 1 saturated heterocycles. The summed E-state index contributed by atoms with van der Waals surface area (Å²) < 4.78 is 34.0. The first-order chi connectivity index (χ1) is 10.1. The van der Waals surface area contributed by atoms with Crippen LogP contribution in [-0.4, -0.2) is 22.2 Å². The number of nitrogens with one attached hydrogen (secondary N) is 1. The van der Waals surface area contributed by atoms with Gasteiger partial charge in [0.25, 0.3) is 0 Å². The van der Waals surface area contributed by atoms with Gasteiger partial charge in [0, 0.05) is 32.1 Å². The second kappa shape index (κ2) is 5.91. The standard InChI is InChI=1S/C15H17F2N3O/c1-20-6-5-18-14(20)9-19-13-4-7-21-15(13)10-2-3-11(16)12(17)8-10/h2-3,5-6,8,13,15,19H,4,7,9H2,1H3/t13-,15-/m0/s1. The number of benzene rings is 1. The summed E-state index contributed by atoms with van der Waals surface area (Å²) >= 11 is 0. The fourth-order valence-corrected chi connectivity index (χ4v) is 2.61. The Labute approximate surface area is 121 Å². The Balaban J connectivity index is 1.70. The molecule has 1 aliphatic heterocycles. The molecule has 0 amide bonds. The maximum Gasteiger partial charge on any atom is 0.159 e. The number of ether oxygens (including phenoxy) is 1. The molecule has 0 spiro atoms. The zero-order valence-corrected chi connectivity index (χ0v) is 11.7. The second-order valence-corrected chi connectivity index (χ2v) is 5.20. The van der Waals surface area contributed by atoms with E-state index in [1.807, 2.05) is 17.8 Å². The van der Waals surface area contributed by atoms with Gasteiger partial charge in [0.05, 0.1) is 12.6 Å². The minimum Gasteiger partial charge on any atom is -0.372 e. The monoisotopic (exact) mass is 293 g/mol. The maximum absolute atomic E-state index is 13.4. The second-order valence-electron chi connectivity index (χ2n) is 5.20. The number of hydrogen-bond donors (Lipinski definition) is 1. The molecule has 1 aromatic heterocycles. The van der Waals surface area contributed by atoms with Gasteiger partial charge in [0.2, 0.25) is 0 Å². The predicted molar refractivity (Wildman–Crippen MR) is 73.5 cm³/mol. The van der Waals surface area contributed by atoms with E-state index in [0.29, 0.717) is 18.7 Å². The van der Waals surface area contributed by atoms with Gasteiger partial charge in [-0.1, -0.05) is 6.07 Å². The van der Waals surface area contributed by atoms with Gasteiger partial charge in [0.15, 0.2) is 11.6 Å². The molecular weight excluding hydrogens is 276 g/mol. The molecule has 0 unspecified atom stereocenters. The largest absolute Gasteiger partial charge is 0.372 e. The highest BCUT2D eigenvalue weighted by Gasteiger charge is 2.30. The van der Waals surface area contributed by atoms with E-state index in [1.165, 1.54) is 6.07 Å². The summed E-state index contributed by atoms with van der Waals surface area (Å²) in [6, 6.07) is 3.99. The Bertz CT molecular complexity index is 629. The molecule has 2 aromatic rings. The van der Waals surface area contributed by atoms with Gasteiger partial charge < -0.3 is 14.6 Å². The smallest absolute Gasteiger partial charge is 0.159 e. The lowest BCUT2D eigenvalue weighted by molar-refractivity contribution is 0.0979. The van der Waals surface area contributed by atoms with Gasteiger partial charge in [0.1, 0.15) is 5.82 Å². The Morgan fingerprint density at radius 3 is 2.95 bits per heavy atom. The van der Waals surface area contributed by atoms with E-state index in [1.54, 1.807) is 12.3 Å². The number of rotatable bonds is 4. The van der Waals surface area contributed by atoms with Crippen molar-refractivity contribution in [2.24, 2.45) is 7.05 Å². The van der Waals surface area contributed by atoms with Crippen LogP contribution in [0.25, 0.3) is 0 Å². The van der Waals surface area contributed by atoms with Crippen LogP contribution < -0.4 is 5.32 Å². The Hall–Kier alpha value is -1.79. The van der Waals surface area contributed by atoms with E-state index in [-0.39, 0.29) is 12.1 Å². The number of hydrogen-bond acceptors (Lipinski definition) is 3. The molecule has 1 fully saturated rings.